The second-order valence-corrected chi connectivity index (χ2v) is 6.46. The normalized spacial score (nSPS) is 15.6. The number of rotatable bonds is 5. The molecular formula is C18H21F3N4O3. The van der Waals surface area contributed by atoms with Gasteiger partial charge in [0.1, 0.15) is 5.69 Å². The highest BCUT2D eigenvalue weighted by Gasteiger charge is 2.31. The van der Waals surface area contributed by atoms with E-state index in [4.69, 9.17) is 4.74 Å². The molecule has 0 aliphatic carbocycles. The molecule has 0 saturated carbocycles. The highest BCUT2D eigenvalue weighted by molar-refractivity contribution is 5.88. The number of carbonyl (C=O) groups is 1. The van der Waals surface area contributed by atoms with Gasteiger partial charge in [-0.1, -0.05) is 6.07 Å². The Morgan fingerprint density at radius 1 is 1.18 bits per heavy atom. The first-order valence-electron chi connectivity index (χ1n) is 8.90. The largest absolute Gasteiger partial charge is 0.461 e. The molecule has 0 bridgehead atoms. The van der Waals surface area contributed by atoms with E-state index in [2.05, 4.69) is 9.97 Å². The minimum Gasteiger partial charge on any atom is -0.461 e. The molecule has 1 aliphatic heterocycles. The molecule has 2 heterocycles. The molecule has 0 amide bonds. The zero-order valence-electron chi connectivity index (χ0n) is 15.3. The van der Waals surface area contributed by atoms with Crippen LogP contribution in [0.25, 0.3) is 0 Å². The topological polar surface area (TPSA) is 81.4 Å². The van der Waals surface area contributed by atoms with Crippen LogP contribution in [0, 0.1) is 0 Å². The van der Waals surface area contributed by atoms with Gasteiger partial charge in [-0.3, -0.25) is 9.88 Å². The fraction of sp³-hybridized carbons (Fsp3) is 0.444. The van der Waals surface area contributed by atoms with E-state index < -0.39 is 23.4 Å². The summed E-state index contributed by atoms with van der Waals surface area (Å²) in [5.74, 6) is -0.599. The number of hydrogen-bond acceptors (Lipinski definition) is 5. The summed E-state index contributed by atoms with van der Waals surface area (Å²) in [6, 6.07) is 5.27. The molecule has 28 heavy (non-hydrogen) atoms. The number of esters is 1. The second-order valence-electron chi connectivity index (χ2n) is 6.46. The van der Waals surface area contributed by atoms with E-state index in [9.17, 15) is 22.8 Å². The highest BCUT2D eigenvalue weighted by Crippen LogP contribution is 2.31. The van der Waals surface area contributed by atoms with E-state index in [0.29, 0.717) is 44.1 Å². The molecule has 1 aromatic heterocycles. The summed E-state index contributed by atoms with van der Waals surface area (Å²) in [7, 11) is 0. The third-order valence-corrected chi connectivity index (χ3v) is 4.58. The van der Waals surface area contributed by atoms with Crippen molar-refractivity contribution in [3.63, 3.8) is 0 Å². The lowest BCUT2D eigenvalue weighted by Crippen LogP contribution is -2.46. The fourth-order valence-electron chi connectivity index (χ4n) is 3.18. The third kappa shape index (κ3) is 4.56. The lowest BCUT2D eigenvalue weighted by Gasteiger charge is -2.36. The van der Waals surface area contributed by atoms with Gasteiger partial charge in [-0.2, -0.15) is 13.2 Å². The zero-order chi connectivity index (χ0) is 20.3. The summed E-state index contributed by atoms with van der Waals surface area (Å²) < 4.78 is 43.6. The van der Waals surface area contributed by atoms with Crippen molar-refractivity contribution in [1.29, 1.82) is 0 Å². The Hall–Kier alpha value is -2.75. The van der Waals surface area contributed by atoms with Crippen molar-refractivity contribution in [2.75, 3.05) is 37.7 Å². The number of nitrogens with zero attached hydrogens (tertiary/aromatic N) is 2. The van der Waals surface area contributed by atoms with Gasteiger partial charge >= 0.3 is 17.8 Å². The number of piperazine rings is 1. The van der Waals surface area contributed by atoms with E-state index in [1.165, 1.54) is 6.07 Å². The lowest BCUT2D eigenvalue weighted by atomic mass is 10.1. The number of ether oxygens (including phenoxy) is 1. The van der Waals surface area contributed by atoms with E-state index >= 15 is 0 Å². The lowest BCUT2D eigenvalue weighted by molar-refractivity contribution is -0.137. The molecule has 7 nitrogen and oxygen atoms in total. The first kappa shape index (κ1) is 20.0. The molecular weight excluding hydrogens is 377 g/mol. The summed E-state index contributed by atoms with van der Waals surface area (Å²) >= 11 is 0. The smallest absolute Gasteiger partial charge is 0.416 e. The SMILES string of the molecule is CCOC(=O)c1[nH]c(=O)[nH]c1CN1CCN(c2cccc(C(F)(F)F)c2)CC1. The maximum Gasteiger partial charge on any atom is 0.416 e. The Labute approximate surface area is 159 Å². The molecule has 2 N–H and O–H groups in total. The number of H-pyrrole nitrogens is 2. The van der Waals surface area contributed by atoms with Crippen molar-refractivity contribution in [2.45, 2.75) is 19.6 Å². The number of benzene rings is 1. The molecule has 1 aliphatic rings. The average Bonchev–Trinajstić information content (AvgIpc) is 3.02. The van der Waals surface area contributed by atoms with Gasteiger partial charge in [0.05, 0.1) is 17.9 Å². The first-order valence-corrected chi connectivity index (χ1v) is 8.90. The monoisotopic (exact) mass is 398 g/mol. The number of aromatic nitrogens is 2. The van der Waals surface area contributed by atoms with Crippen LogP contribution in [0.5, 0.6) is 0 Å². The summed E-state index contributed by atoms with van der Waals surface area (Å²) in [6.07, 6.45) is -4.37. The van der Waals surface area contributed by atoms with E-state index in [1.807, 2.05) is 9.80 Å². The standard InChI is InChI=1S/C18H21F3N4O3/c1-2-28-16(26)15-14(22-17(27)23-15)11-24-6-8-25(9-7-24)13-5-3-4-12(10-13)18(19,20)21/h3-5,10H,2,6-9,11H2,1H3,(H2,22,23,27). The number of aromatic amines is 2. The Morgan fingerprint density at radius 2 is 1.89 bits per heavy atom. The van der Waals surface area contributed by atoms with Crippen LogP contribution in [0.3, 0.4) is 0 Å². The first-order chi connectivity index (χ1) is 13.3. The maximum atomic E-state index is 12.9. The molecule has 0 radical (unpaired) electrons. The molecule has 3 rings (SSSR count). The number of halogens is 3. The van der Waals surface area contributed by atoms with Crippen molar-refractivity contribution in [3.05, 3.63) is 51.7 Å². The van der Waals surface area contributed by atoms with Crippen LogP contribution in [0.4, 0.5) is 18.9 Å². The number of anilines is 1. The van der Waals surface area contributed by atoms with Gasteiger partial charge in [0.25, 0.3) is 0 Å². The van der Waals surface area contributed by atoms with Crippen molar-refractivity contribution < 1.29 is 22.7 Å². The fourth-order valence-corrected chi connectivity index (χ4v) is 3.18. The Kier molecular flexibility index (Phi) is 5.78. The van der Waals surface area contributed by atoms with Gasteiger partial charge in [0, 0.05) is 38.4 Å². The number of imidazole rings is 1. The van der Waals surface area contributed by atoms with Gasteiger partial charge in [-0.25, -0.2) is 9.59 Å². The van der Waals surface area contributed by atoms with Crippen LogP contribution in [-0.4, -0.2) is 53.6 Å². The molecule has 2 aromatic rings. The molecule has 1 fully saturated rings. The van der Waals surface area contributed by atoms with Gasteiger partial charge in [-0.15, -0.1) is 0 Å². The summed E-state index contributed by atoms with van der Waals surface area (Å²) in [6.45, 7) is 4.42. The summed E-state index contributed by atoms with van der Waals surface area (Å²) in [5, 5.41) is 0. The Bertz CT molecular complexity index is 883. The van der Waals surface area contributed by atoms with Gasteiger partial charge < -0.3 is 14.6 Å². The Morgan fingerprint density at radius 3 is 2.54 bits per heavy atom. The number of carbonyl (C=O) groups excluding carboxylic acids is 1. The predicted octanol–water partition coefficient (Wildman–Crippen LogP) is 2.22. The van der Waals surface area contributed by atoms with Crippen molar-refractivity contribution in [2.24, 2.45) is 0 Å². The molecule has 0 unspecified atom stereocenters. The highest BCUT2D eigenvalue weighted by atomic mass is 19.4. The molecule has 10 heteroatoms. The van der Waals surface area contributed by atoms with Crippen molar-refractivity contribution in [1.82, 2.24) is 14.9 Å². The van der Waals surface area contributed by atoms with Crippen LogP contribution in [-0.2, 0) is 17.5 Å². The number of hydrogen-bond donors (Lipinski definition) is 2. The van der Waals surface area contributed by atoms with E-state index in [-0.39, 0.29) is 12.3 Å². The number of nitrogens with one attached hydrogen (secondary N) is 2. The summed E-state index contributed by atoms with van der Waals surface area (Å²) in [5.41, 5.74) is -0.0862. The third-order valence-electron chi connectivity index (χ3n) is 4.58. The Balaban J connectivity index is 1.64. The van der Waals surface area contributed by atoms with Crippen molar-refractivity contribution >= 4 is 11.7 Å². The van der Waals surface area contributed by atoms with Crippen LogP contribution >= 0.6 is 0 Å². The van der Waals surface area contributed by atoms with Crippen LogP contribution in [0.2, 0.25) is 0 Å². The molecule has 0 atom stereocenters. The van der Waals surface area contributed by atoms with Gasteiger partial charge in [0.2, 0.25) is 0 Å². The second kappa shape index (κ2) is 8.09. The summed E-state index contributed by atoms with van der Waals surface area (Å²) in [4.78, 5) is 32.5. The molecule has 1 saturated heterocycles. The van der Waals surface area contributed by atoms with Crippen molar-refractivity contribution in [3.8, 4) is 0 Å². The molecule has 1 aromatic carbocycles. The average molecular weight is 398 g/mol. The van der Waals surface area contributed by atoms with Gasteiger partial charge in [-0.05, 0) is 25.1 Å². The van der Waals surface area contributed by atoms with Gasteiger partial charge in [0.15, 0.2) is 0 Å². The maximum absolute atomic E-state index is 12.9. The van der Waals surface area contributed by atoms with Crippen LogP contribution < -0.4 is 10.6 Å². The minimum absolute atomic E-state index is 0.104. The van der Waals surface area contributed by atoms with E-state index in [0.717, 1.165) is 12.1 Å². The van der Waals surface area contributed by atoms with E-state index in [1.54, 1.807) is 13.0 Å². The quantitative estimate of drug-likeness (QED) is 0.755. The van der Waals surface area contributed by atoms with Crippen LogP contribution in [0.15, 0.2) is 29.1 Å². The number of alkyl halides is 3. The predicted molar refractivity (Wildman–Crippen MR) is 96.3 cm³/mol. The molecule has 0 spiro atoms. The zero-order valence-corrected chi connectivity index (χ0v) is 15.3. The minimum atomic E-state index is -4.37. The molecule has 152 valence electrons. The van der Waals surface area contributed by atoms with Crippen LogP contribution in [0.1, 0.15) is 28.7 Å².